The second-order valence-electron chi connectivity index (χ2n) is 6.78. The smallest absolute Gasteiger partial charge is 0.283 e. The van der Waals surface area contributed by atoms with Gasteiger partial charge in [0, 0.05) is 30.8 Å². The molecule has 1 aromatic carbocycles. The van der Waals surface area contributed by atoms with Crippen molar-refractivity contribution in [3.63, 3.8) is 0 Å². The molecule has 2 rings (SSSR count). The van der Waals surface area contributed by atoms with Crippen molar-refractivity contribution in [2.75, 3.05) is 27.8 Å². The van der Waals surface area contributed by atoms with E-state index in [0.29, 0.717) is 11.6 Å². The van der Waals surface area contributed by atoms with E-state index in [1.807, 2.05) is 31.3 Å². The van der Waals surface area contributed by atoms with Crippen molar-refractivity contribution >= 4 is 17.5 Å². The molecule has 1 amide bonds. The molecule has 0 heterocycles. The fourth-order valence-corrected chi connectivity index (χ4v) is 3.62. The molecule has 1 aliphatic rings. The zero-order valence-corrected chi connectivity index (χ0v) is 16.1. The molecule has 0 aliphatic heterocycles. The molecule has 2 atom stereocenters. The van der Waals surface area contributed by atoms with Crippen LogP contribution in [0.2, 0.25) is 5.02 Å². The lowest BCUT2D eigenvalue weighted by atomic mass is 9.94. The van der Waals surface area contributed by atoms with Crippen LogP contribution in [0.5, 0.6) is 0 Å². The summed E-state index contributed by atoms with van der Waals surface area (Å²) in [7, 11) is 5.21. The summed E-state index contributed by atoms with van der Waals surface area (Å²) >= 11 is 6.01. The predicted molar refractivity (Wildman–Crippen MR) is 98.8 cm³/mol. The number of methoxy groups -OCH3 is 2. The number of amides is 1. The molecule has 140 valence electrons. The highest BCUT2D eigenvalue weighted by Crippen LogP contribution is 2.19. The van der Waals surface area contributed by atoms with Crippen molar-refractivity contribution in [2.24, 2.45) is 0 Å². The fourth-order valence-electron chi connectivity index (χ4n) is 3.49. The number of carbonyl (C=O) groups excluding carboxylic acids is 1. The average Bonchev–Trinajstić information content (AvgIpc) is 2.62. The fraction of sp³-hybridized carbons (Fsp3) is 0.632. The van der Waals surface area contributed by atoms with Gasteiger partial charge in [-0.1, -0.05) is 43.0 Å². The molecule has 5 nitrogen and oxygen atoms in total. The number of halogens is 1. The number of carbonyl (C=O) groups is 1. The summed E-state index contributed by atoms with van der Waals surface area (Å²) in [5.41, 5.74) is 0.946. The standard InChI is InChI=1S/C19H29ClN2O3/c1-22(13-17(24-2)25-3)18(14-9-11-15(20)12-10-14)19(23)21-16-7-5-4-6-8-16/h9-12,16-18H,4-8,13H2,1-3H3,(H,21,23)/p+1. The number of hydrogen-bond acceptors (Lipinski definition) is 3. The SMILES string of the molecule is COC(C[NH+](C)C(C(=O)NC1CCCCC1)c1ccc(Cl)cc1)OC. The lowest BCUT2D eigenvalue weighted by molar-refractivity contribution is -0.908. The summed E-state index contributed by atoms with van der Waals surface area (Å²) < 4.78 is 10.6. The van der Waals surface area contributed by atoms with Crippen LogP contribution in [-0.4, -0.2) is 46.1 Å². The van der Waals surface area contributed by atoms with Crippen molar-refractivity contribution in [1.82, 2.24) is 5.32 Å². The van der Waals surface area contributed by atoms with Gasteiger partial charge in [-0.25, -0.2) is 0 Å². The highest BCUT2D eigenvalue weighted by Gasteiger charge is 2.32. The first-order valence-corrected chi connectivity index (χ1v) is 9.36. The van der Waals surface area contributed by atoms with Crippen molar-refractivity contribution in [3.05, 3.63) is 34.9 Å². The molecule has 0 spiro atoms. The number of rotatable bonds is 8. The molecule has 0 radical (unpaired) electrons. The molecule has 1 fully saturated rings. The van der Waals surface area contributed by atoms with Crippen LogP contribution in [0, 0.1) is 0 Å². The maximum Gasteiger partial charge on any atom is 0.283 e. The number of likely N-dealkylation sites (N-methyl/N-ethyl adjacent to an activating group) is 1. The lowest BCUT2D eigenvalue weighted by Gasteiger charge is -2.30. The molecular formula is C19H30ClN2O3+. The summed E-state index contributed by atoms with van der Waals surface area (Å²) in [6, 6.07) is 7.46. The minimum Gasteiger partial charge on any atom is -0.351 e. The molecule has 1 aromatic rings. The van der Waals surface area contributed by atoms with Gasteiger partial charge in [-0.05, 0) is 25.0 Å². The zero-order valence-electron chi connectivity index (χ0n) is 15.4. The summed E-state index contributed by atoms with van der Waals surface area (Å²) in [6.07, 6.45) is 5.43. The number of hydrogen-bond donors (Lipinski definition) is 2. The first-order valence-electron chi connectivity index (χ1n) is 8.99. The van der Waals surface area contributed by atoms with Gasteiger partial charge in [0.05, 0.1) is 7.05 Å². The maximum absolute atomic E-state index is 13.0. The highest BCUT2D eigenvalue weighted by atomic mass is 35.5. The first-order chi connectivity index (χ1) is 12.0. The Bertz CT molecular complexity index is 528. The number of quaternary nitrogens is 1. The number of nitrogens with one attached hydrogen (secondary N) is 2. The Morgan fingerprint density at radius 3 is 2.36 bits per heavy atom. The summed E-state index contributed by atoms with van der Waals surface area (Å²) in [5, 5.41) is 3.91. The Hall–Kier alpha value is -1.14. The monoisotopic (exact) mass is 369 g/mol. The molecule has 0 aromatic heterocycles. The van der Waals surface area contributed by atoms with E-state index in [4.69, 9.17) is 21.1 Å². The van der Waals surface area contributed by atoms with Gasteiger partial charge in [0.15, 0.2) is 6.04 Å². The Kier molecular flexibility index (Phi) is 8.16. The molecule has 1 saturated carbocycles. The third-order valence-electron chi connectivity index (χ3n) is 4.92. The topological polar surface area (TPSA) is 52.0 Å². The van der Waals surface area contributed by atoms with Gasteiger partial charge in [-0.3, -0.25) is 4.79 Å². The average molecular weight is 370 g/mol. The van der Waals surface area contributed by atoms with Crippen LogP contribution < -0.4 is 10.2 Å². The van der Waals surface area contributed by atoms with E-state index < -0.39 is 0 Å². The number of benzene rings is 1. The molecule has 2 unspecified atom stereocenters. The zero-order chi connectivity index (χ0) is 18.2. The number of ether oxygens (including phenoxy) is 2. The molecule has 1 aliphatic carbocycles. The van der Waals surface area contributed by atoms with E-state index in [1.165, 1.54) is 19.3 Å². The van der Waals surface area contributed by atoms with Gasteiger partial charge >= 0.3 is 0 Å². The Morgan fingerprint density at radius 1 is 1.20 bits per heavy atom. The quantitative estimate of drug-likeness (QED) is 0.689. The highest BCUT2D eigenvalue weighted by molar-refractivity contribution is 6.30. The van der Waals surface area contributed by atoms with Crippen LogP contribution in [0.4, 0.5) is 0 Å². The van der Waals surface area contributed by atoms with Crippen LogP contribution in [-0.2, 0) is 14.3 Å². The Labute approximate surface area is 155 Å². The third kappa shape index (κ3) is 5.96. The van der Waals surface area contributed by atoms with E-state index in [1.54, 1.807) is 14.2 Å². The van der Waals surface area contributed by atoms with E-state index in [9.17, 15) is 4.79 Å². The van der Waals surface area contributed by atoms with E-state index >= 15 is 0 Å². The minimum atomic E-state index is -0.350. The van der Waals surface area contributed by atoms with Crippen molar-refractivity contribution in [2.45, 2.75) is 50.5 Å². The maximum atomic E-state index is 13.0. The van der Waals surface area contributed by atoms with Crippen molar-refractivity contribution in [3.8, 4) is 0 Å². The Morgan fingerprint density at radius 2 is 1.80 bits per heavy atom. The van der Waals surface area contributed by atoms with E-state index in [-0.39, 0.29) is 24.3 Å². The molecule has 25 heavy (non-hydrogen) atoms. The minimum absolute atomic E-state index is 0.0534. The molecule has 0 bridgehead atoms. The van der Waals surface area contributed by atoms with Crippen molar-refractivity contribution < 1.29 is 19.2 Å². The van der Waals surface area contributed by atoms with Crippen LogP contribution in [0.3, 0.4) is 0 Å². The third-order valence-corrected chi connectivity index (χ3v) is 5.18. The first kappa shape index (κ1) is 20.2. The normalized spacial score (nSPS) is 18.1. The van der Waals surface area contributed by atoms with E-state index in [2.05, 4.69) is 5.32 Å². The summed E-state index contributed by atoms with van der Waals surface area (Å²) in [5.74, 6) is 0.0534. The van der Waals surface area contributed by atoms with Crippen LogP contribution in [0.1, 0.15) is 43.7 Å². The van der Waals surface area contributed by atoms with E-state index in [0.717, 1.165) is 23.3 Å². The molecule has 2 N–H and O–H groups in total. The molecule has 6 heteroatoms. The lowest BCUT2D eigenvalue weighted by Crippen LogP contribution is -3.11. The van der Waals surface area contributed by atoms with Crippen LogP contribution in [0.15, 0.2) is 24.3 Å². The van der Waals surface area contributed by atoms with Crippen LogP contribution in [0.25, 0.3) is 0 Å². The van der Waals surface area contributed by atoms with Gasteiger partial charge in [0.2, 0.25) is 6.29 Å². The van der Waals surface area contributed by atoms with Crippen LogP contribution >= 0.6 is 11.6 Å². The van der Waals surface area contributed by atoms with Gasteiger partial charge in [0.1, 0.15) is 6.54 Å². The van der Waals surface area contributed by atoms with Crippen molar-refractivity contribution in [1.29, 1.82) is 0 Å². The summed E-state index contributed by atoms with van der Waals surface area (Å²) in [6.45, 7) is 0.568. The molecule has 0 saturated heterocycles. The van der Waals surface area contributed by atoms with Gasteiger partial charge in [-0.15, -0.1) is 0 Å². The molecular weight excluding hydrogens is 340 g/mol. The van der Waals surface area contributed by atoms with Gasteiger partial charge < -0.3 is 19.7 Å². The predicted octanol–water partition coefficient (Wildman–Crippen LogP) is 1.96. The van der Waals surface area contributed by atoms with Gasteiger partial charge in [-0.2, -0.15) is 0 Å². The summed E-state index contributed by atoms with van der Waals surface area (Å²) in [4.78, 5) is 14.1. The van der Waals surface area contributed by atoms with Gasteiger partial charge in [0.25, 0.3) is 5.91 Å². The second-order valence-corrected chi connectivity index (χ2v) is 7.22. The Balaban J connectivity index is 2.15. The largest absolute Gasteiger partial charge is 0.351 e. The second kappa shape index (κ2) is 10.1.